The molecule has 0 spiro atoms. The fraction of sp³-hybridized carbons (Fsp3) is 0.688. The molecule has 1 aromatic rings. The van der Waals surface area contributed by atoms with Crippen molar-refractivity contribution in [3.63, 3.8) is 0 Å². The van der Waals surface area contributed by atoms with E-state index >= 15 is 0 Å². The van der Waals surface area contributed by atoms with Crippen molar-refractivity contribution in [2.75, 3.05) is 19.6 Å². The highest BCUT2D eigenvalue weighted by atomic mass is 32.1. The van der Waals surface area contributed by atoms with Gasteiger partial charge in [0.05, 0.1) is 5.54 Å². The molecule has 0 unspecified atom stereocenters. The minimum absolute atomic E-state index is 0.205. The Kier molecular flexibility index (Phi) is 4.63. The molecule has 5 heteroatoms. The van der Waals surface area contributed by atoms with Crippen LogP contribution in [0.5, 0.6) is 0 Å². The van der Waals surface area contributed by atoms with Crippen LogP contribution in [0, 0.1) is 0 Å². The highest BCUT2D eigenvalue weighted by Gasteiger charge is 2.38. The number of piperazine rings is 1. The summed E-state index contributed by atoms with van der Waals surface area (Å²) >= 11 is 1.78. The molecule has 1 aliphatic heterocycles. The van der Waals surface area contributed by atoms with Crippen LogP contribution in [-0.2, 0) is 11.3 Å². The molecule has 0 bridgehead atoms. The predicted molar refractivity (Wildman–Crippen MR) is 86.6 cm³/mol. The van der Waals surface area contributed by atoms with E-state index in [4.69, 9.17) is 4.74 Å². The number of rotatable bonds is 2. The number of carbonyl (C=O) groups excluding carboxylic acids is 1. The fourth-order valence-electron chi connectivity index (χ4n) is 2.67. The van der Waals surface area contributed by atoms with Gasteiger partial charge in [-0.05, 0) is 46.1 Å². The summed E-state index contributed by atoms with van der Waals surface area (Å²) in [6, 6.07) is 4.25. The lowest BCUT2D eigenvalue weighted by Crippen LogP contribution is -2.61. The summed E-state index contributed by atoms with van der Waals surface area (Å²) in [5.41, 5.74) is -0.654. The molecule has 2 heterocycles. The molecule has 0 N–H and O–H groups in total. The van der Waals surface area contributed by atoms with Gasteiger partial charge in [-0.2, -0.15) is 0 Å². The number of thiophene rings is 1. The van der Waals surface area contributed by atoms with Gasteiger partial charge in [-0.25, -0.2) is 4.79 Å². The smallest absolute Gasteiger partial charge is 0.410 e. The van der Waals surface area contributed by atoms with E-state index in [2.05, 4.69) is 36.3 Å². The largest absolute Gasteiger partial charge is 0.444 e. The van der Waals surface area contributed by atoms with Crippen LogP contribution >= 0.6 is 11.3 Å². The molecule has 118 valence electrons. The van der Waals surface area contributed by atoms with Crippen LogP contribution in [0.1, 0.15) is 39.5 Å². The molecule has 21 heavy (non-hydrogen) atoms. The van der Waals surface area contributed by atoms with E-state index in [1.54, 1.807) is 11.3 Å². The summed E-state index contributed by atoms with van der Waals surface area (Å²) in [7, 11) is 0. The Balaban J connectivity index is 1.97. The molecule has 1 saturated heterocycles. The van der Waals surface area contributed by atoms with Gasteiger partial charge < -0.3 is 9.64 Å². The monoisotopic (exact) mass is 310 g/mol. The van der Waals surface area contributed by atoms with Crippen LogP contribution in [0.25, 0.3) is 0 Å². The Labute approximate surface area is 131 Å². The van der Waals surface area contributed by atoms with Crippen LogP contribution in [-0.4, -0.2) is 46.7 Å². The van der Waals surface area contributed by atoms with Crippen molar-refractivity contribution in [1.82, 2.24) is 9.80 Å². The molecule has 1 aromatic heterocycles. The minimum Gasteiger partial charge on any atom is -0.444 e. The highest BCUT2D eigenvalue weighted by Crippen LogP contribution is 2.25. The van der Waals surface area contributed by atoms with E-state index in [1.807, 2.05) is 25.7 Å². The Hall–Kier alpha value is -1.07. The third kappa shape index (κ3) is 4.45. The molecule has 2 rings (SSSR count). The van der Waals surface area contributed by atoms with Crippen molar-refractivity contribution < 1.29 is 9.53 Å². The van der Waals surface area contributed by atoms with Crippen LogP contribution < -0.4 is 0 Å². The second-order valence-corrected chi connectivity index (χ2v) is 8.27. The summed E-state index contributed by atoms with van der Waals surface area (Å²) in [4.78, 5) is 18.0. The van der Waals surface area contributed by atoms with E-state index in [9.17, 15) is 4.79 Å². The van der Waals surface area contributed by atoms with Crippen molar-refractivity contribution >= 4 is 17.4 Å². The first-order valence-electron chi connectivity index (χ1n) is 7.43. The van der Waals surface area contributed by atoms with E-state index in [0.29, 0.717) is 6.54 Å². The molecule has 4 nitrogen and oxygen atoms in total. The van der Waals surface area contributed by atoms with Gasteiger partial charge in [0.25, 0.3) is 0 Å². The molecule has 0 aromatic carbocycles. The molecule has 1 amide bonds. The third-order valence-electron chi connectivity index (χ3n) is 3.55. The van der Waals surface area contributed by atoms with Gasteiger partial charge in [0.15, 0.2) is 0 Å². The quantitative estimate of drug-likeness (QED) is 0.837. The summed E-state index contributed by atoms with van der Waals surface area (Å²) < 4.78 is 5.52. The van der Waals surface area contributed by atoms with Gasteiger partial charge in [0, 0.05) is 31.1 Å². The minimum atomic E-state index is -0.443. The average molecular weight is 310 g/mol. The standard InChI is InChI=1S/C16H26N2O2S/c1-15(2,3)20-14(19)18-9-8-17(12-16(18,4)5)11-13-7-6-10-21-13/h6-7,10H,8-9,11-12H2,1-5H3. The van der Waals surface area contributed by atoms with Crippen molar-refractivity contribution in [2.24, 2.45) is 0 Å². The topological polar surface area (TPSA) is 32.8 Å². The second kappa shape index (κ2) is 5.97. The average Bonchev–Trinajstić information content (AvgIpc) is 2.77. The van der Waals surface area contributed by atoms with Crippen LogP contribution in [0.15, 0.2) is 17.5 Å². The number of carbonyl (C=O) groups is 1. The molecular formula is C16H26N2O2S. The second-order valence-electron chi connectivity index (χ2n) is 7.23. The lowest BCUT2D eigenvalue weighted by atomic mass is 9.99. The maximum Gasteiger partial charge on any atom is 0.410 e. The number of amides is 1. The summed E-state index contributed by atoms with van der Waals surface area (Å²) in [5, 5.41) is 2.11. The van der Waals surface area contributed by atoms with Crippen molar-refractivity contribution in [1.29, 1.82) is 0 Å². The lowest BCUT2D eigenvalue weighted by Gasteiger charge is -2.47. The van der Waals surface area contributed by atoms with Gasteiger partial charge >= 0.3 is 6.09 Å². The van der Waals surface area contributed by atoms with Crippen molar-refractivity contribution in [3.05, 3.63) is 22.4 Å². The molecule has 0 atom stereocenters. The van der Waals surface area contributed by atoms with E-state index < -0.39 is 5.60 Å². The Morgan fingerprint density at radius 1 is 1.38 bits per heavy atom. The predicted octanol–water partition coefficient (Wildman–Crippen LogP) is 3.58. The molecule has 1 aliphatic rings. The number of ether oxygens (including phenoxy) is 1. The van der Waals surface area contributed by atoms with E-state index in [1.165, 1.54) is 4.88 Å². The van der Waals surface area contributed by atoms with Crippen LogP contribution in [0.3, 0.4) is 0 Å². The maximum atomic E-state index is 12.3. The summed E-state index contributed by atoms with van der Waals surface area (Å²) in [6.07, 6.45) is -0.205. The van der Waals surface area contributed by atoms with Gasteiger partial charge in [0.2, 0.25) is 0 Å². The number of nitrogens with zero attached hydrogens (tertiary/aromatic N) is 2. The van der Waals surface area contributed by atoms with E-state index in [0.717, 1.165) is 19.6 Å². The zero-order valence-electron chi connectivity index (χ0n) is 13.7. The Morgan fingerprint density at radius 2 is 2.10 bits per heavy atom. The Morgan fingerprint density at radius 3 is 2.62 bits per heavy atom. The number of hydrogen-bond donors (Lipinski definition) is 0. The SMILES string of the molecule is CC(C)(C)OC(=O)N1CCN(Cc2cccs2)CC1(C)C. The fourth-order valence-corrected chi connectivity index (χ4v) is 3.42. The van der Waals surface area contributed by atoms with Gasteiger partial charge in [-0.3, -0.25) is 4.90 Å². The van der Waals surface area contributed by atoms with Crippen LogP contribution in [0.2, 0.25) is 0 Å². The number of hydrogen-bond acceptors (Lipinski definition) is 4. The molecule has 0 aliphatic carbocycles. The highest BCUT2D eigenvalue weighted by molar-refractivity contribution is 7.09. The molecule has 0 radical (unpaired) electrons. The van der Waals surface area contributed by atoms with E-state index in [-0.39, 0.29) is 11.6 Å². The zero-order valence-corrected chi connectivity index (χ0v) is 14.5. The molecule has 1 fully saturated rings. The first-order chi connectivity index (χ1) is 9.67. The lowest BCUT2D eigenvalue weighted by molar-refractivity contribution is -0.0242. The third-order valence-corrected chi connectivity index (χ3v) is 4.42. The maximum absolute atomic E-state index is 12.3. The van der Waals surface area contributed by atoms with Crippen molar-refractivity contribution in [2.45, 2.75) is 52.3 Å². The van der Waals surface area contributed by atoms with Crippen LogP contribution in [0.4, 0.5) is 4.79 Å². The molecular weight excluding hydrogens is 284 g/mol. The molecule has 0 saturated carbocycles. The van der Waals surface area contributed by atoms with Gasteiger partial charge in [-0.1, -0.05) is 6.07 Å². The van der Waals surface area contributed by atoms with Crippen molar-refractivity contribution in [3.8, 4) is 0 Å². The first kappa shape index (κ1) is 16.3. The van der Waals surface area contributed by atoms with Gasteiger partial charge in [0.1, 0.15) is 5.60 Å². The summed E-state index contributed by atoms with van der Waals surface area (Å²) in [5.74, 6) is 0. The zero-order chi connectivity index (χ0) is 15.7. The Bertz CT molecular complexity index is 477. The summed E-state index contributed by atoms with van der Waals surface area (Å²) in [6.45, 7) is 13.4. The first-order valence-corrected chi connectivity index (χ1v) is 8.31. The van der Waals surface area contributed by atoms with Gasteiger partial charge in [-0.15, -0.1) is 11.3 Å². The normalized spacial score (nSPS) is 19.6.